The molecule has 0 fully saturated rings. The predicted octanol–water partition coefficient (Wildman–Crippen LogP) is -0.0656. The summed E-state index contributed by atoms with van der Waals surface area (Å²) in [7, 11) is -3.69. The van der Waals surface area contributed by atoms with Crippen LogP contribution >= 0.6 is 0 Å². The quantitative estimate of drug-likeness (QED) is 0.687. The summed E-state index contributed by atoms with van der Waals surface area (Å²) in [5, 5.41) is 9.05. The highest BCUT2D eigenvalue weighted by atomic mass is 32.2. The van der Waals surface area contributed by atoms with Crippen molar-refractivity contribution in [3.8, 4) is 5.75 Å². The number of primary amides is 1. The van der Waals surface area contributed by atoms with Crippen molar-refractivity contribution in [1.29, 1.82) is 0 Å². The number of nitrogens with two attached hydrogens (primary N) is 1. The molecular formula is C10H14N2O4S. The molecule has 1 amide bonds. The van der Waals surface area contributed by atoms with Crippen molar-refractivity contribution in [2.75, 3.05) is 0 Å². The van der Waals surface area contributed by atoms with Crippen LogP contribution in [0.4, 0.5) is 0 Å². The Hall–Kier alpha value is -1.60. The standard InChI is InChI=1S/C10H14N2O4S/c1-7(6-10(11)14)12-17(15,16)9-4-2-8(13)3-5-9/h2-5,7,12-13H,6H2,1H3,(H2,11,14). The summed E-state index contributed by atoms with van der Waals surface area (Å²) in [5.74, 6) is -0.597. The van der Waals surface area contributed by atoms with E-state index < -0.39 is 22.0 Å². The Kier molecular flexibility index (Phi) is 4.08. The van der Waals surface area contributed by atoms with Crippen molar-refractivity contribution < 1.29 is 18.3 Å². The maximum Gasteiger partial charge on any atom is 0.240 e. The molecule has 4 N–H and O–H groups in total. The van der Waals surface area contributed by atoms with E-state index in [1.807, 2.05) is 0 Å². The average Bonchev–Trinajstić information content (AvgIpc) is 2.15. The number of aromatic hydroxyl groups is 1. The fourth-order valence-corrected chi connectivity index (χ4v) is 2.55. The van der Waals surface area contributed by atoms with Gasteiger partial charge in [0.25, 0.3) is 0 Å². The molecule has 1 aromatic carbocycles. The topological polar surface area (TPSA) is 109 Å². The lowest BCUT2D eigenvalue weighted by Crippen LogP contribution is -2.35. The van der Waals surface area contributed by atoms with E-state index in [1.165, 1.54) is 24.3 Å². The molecule has 0 bridgehead atoms. The van der Waals surface area contributed by atoms with Crippen LogP contribution in [0.2, 0.25) is 0 Å². The smallest absolute Gasteiger partial charge is 0.240 e. The van der Waals surface area contributed by atoms with Gasteiger partial charge in [-0.1, -0.05) is 0 Å². The predicted molar refractivity (Wildman–Crippen MR) is 61.7 cm³/mol. The van der Waals surface area contributed by atoms with Crippen LogP contribution in [0.5, 0.6) is 5.75 Å². The molecule has 0 saturated carbocycles. The van der Waals surface area contributed by atoms with Crippen LogP contribution in [0.3, 0.4) is 0 Å². The molecule has 94 valence electrons. The first-order chi connectivity index (χ1) is 7.81. The van der Waals surface area contributed by atoms with Crippen molar-refractivity contribution in [1.82, 2.24) is 4.72 Å². The summed E-state index contributed by atoms with van der Waals surface area (Å²) >= 11 is 0. The molecule has 0 aliphatic heterocycles. The lowest BCUT2D eigenvalue weighted by atomic mass is 10.2. The molecule has 1 rings (SSSR count). The number of sulfonamides is 1. The van der Waals surface area contributed by atoms with Gasteiger partial charge < -0.3 is 10.8 Å². The first-order valence-corrected chi connectivity index (χ1v) is 6.39. The highest BCUT2D eigenvalue weighted by molar-refractivity contribution is 7.89. The van der Waals surface area contributed by atoms with Crippen LogP contribution in [0.15, 0.2) is 29.2 Å². The fourth-order valence-electron chi connectivity index (χ4n) is 1.30. The van der Waals surface area contributed by atoms with E-state index in [4.69, 9.17) is 10.8 Å². The SMILES string of the molecule is CC(CC(N)=O)NS(=O)(=O)c1ccc(O)cc1. The van der Waals surface area contributed by atoms with Gasteiger partial charge in [-0.25, -0.2) is 13.1 Å². The summed E-state index contributed by atoms with van der Waals surface area (Å²) in [5.41, 5.74) is 4.96. The molecular weight excluding hydrogens is 244 g/mol. The van der Waals surface area contributed by atoms with E-state index in [0.717, 1.165) is 0 Å². The van der Waals surface area contributed by atoms with Crippen molar-refractivity contribution in [3.05, 3.63) is 24.3 Å². The first-order valence-electron chi connectivity index (χ1n) is 4.91. The van der Waals surface area contributed by atoms with Crippen LogP contribution in [0.25, 0.3) is 0 Å². The summed E-state index contributed by atoms with van der Waals surface area (Å²) in [4.78, 5) is 10.7. The zero-order chi connectivity index (χ0) is 13.1. The van der Waals surface area contributed by atoms with Crippen LogP contribution in [-0.2, 0) is 14.8 Å². The summed E-state index contributed by atoms with van der Waals surface area (Å²) in [6, 6.07) is 4.51. The lowest BCUT2D eigenvalue weighted by molar-refractivity contribution is -0.118. The molecule has 0 saturated heterocycles. The maximum absolute atomic E-state index is 11.8. The number of amides is 1. The normalized spacial score (nSPS) is 13.2. The number of rotatable bonds is 5. The second-order valence-corrected chi connectivity index (χ2v) is 5.40. The van der Waals surface area contributed by atoms with Crippen LogP contribution in [0.1, 0.15) is 13.3 Å². The summed E-state index contributed by atoms with van der Waals surface area (Å²) in [6.07, 6.45) is -0.0721. The molecule has 0 radical (unpaired) electrons. The highest BCUT2D eigenvalue weighted by Gasteiger charge is 2.18. The Balaban J connectivity index is 2.82. The van der Waals surface area contributed by atoms with Gasteiger partial charge in [0.2, 0.25) is 15.9 Å². The number of phenols is 1. The third-order valence-electron chi connectivity index (χ3n) is 2.01. The second-order valence-electron chi connectivity index (χ2n) is 3.69. The molecule has 1 aromatic rings. The van der Waals surface area contributed by atoms with Gasteiger partial charge in [0.15, 0.2) is 0 Å². The zero-order valence-electron chi connectivity index (χ0n) is 9.25. The molecule has 0 heterocycles. The minimum Gasteiger partial charge on any atom is -0.508 e. The van der Waals surface area contributed by atoms with Gasteiger partial charge in [-0.05, 0) is 31.2 Å². The van der Waals surface area contributed by atoms with E-state index in [9.17, 15) is 13.2 Å². The van der Waals surface area contributed by atoms with Gasteiger partial charge in [0, 0.05) is 12.5 Å². The molecule has 0 aliphatic carbocycles. The molecule has 1 atom stereocenters. The van der Waals surface area contributed by atoms with Crippen LogP contribution in [-0.4, -0.2) is 25.5 Å². The molecule has 0 spiro atoms. The first kappa shape index (κ1) is 13.5. The van der Waals surface area contributed by atoms with E-state index in [0.29, 0.717) is 0 Å². The van der Waals surface area contributed by atoms with Gasteiger partial charge >= 0.3 is 0 Å². The number of benzene rings is 1. The minimum atomic E-state index is -3.69. The Bertz CT molecular complexity index is 496. The molecule has 1 unspecified atom stereocenters. The number of carbonyl (C=O) groups is 1. The van der Waals surface area contributed by atoms with Crippen LogP contribution < -0.4 is 10.5 Å². The number of nitrogens with one attached hydrogen (secondary N) is 1. The van der Waals surface area contributed by atoms with Gasteiger partial charge in [0.05, 0.1) is 4.90 Å². The molecule has 0 aromatic heterocycles. The fraction of sp³-hybridized carbons (Fsp3) is 0.300. The Morgan fingerprint density at radius 1 is 1.41 bits per heavy atom. The maximum atomic E-state index is 11.8. The Morgan fingerprint density at radius 3 is 2.41 bits per heavy atom. The van der Waals surface area contributed by atoms with Crippen molar-refractivity contribution in [2.24, 2.45) is 5.73 Å². The molecule has 6 nitrogen and oxygen atoms in total. The van der Waals surface area contributed by atoms with E-state index in [-0.39, 0.29) is 17.1 Å². The molecule has 7 heteroatoms. The Labute approximate surface area is 99.5 Å². The third kappa shape index (κ3) is 4.04. The van der Waals surface area contributed by atoms with Gasteiger partial charge in [0.1, 0.15) is 5.75 Å². The van der Waals surface area contributed by atoms with E-state index in [2.05, 4.69) is 4.72 Å². The van der Waals surface area contributed by atoms with E-state index >= 15 is 0 Å². The number of hydrogen-bond donors (Lipinski definition) is 3. The second kappa shape index (κ2) is 5.15. The zero-order valence-corrected chi connectivity index (χ0v) is 10.1. The highest BCUT2D eigenvalue weighted by Crippen LogP contribution is 2.14. The number of phenolic OH excluding ortho intramolecular Hbond substituents is 1. The van der Waals surface area contributed by atoms with Crippen molar-refractivity contribution in [2.45, 2.75) is 24.3 Å². The lowest BCUT2D eigenvalue weighted by Gasteiger charge is -2.12. The van der Waals surface area contributed by atoms with Gasteiger partial charge in [-0.2, -0.15) is 0 Å². The largest absolute Gasteiger partial charge is 0.508 e. The van der Waals surface area contributed by atoms with Crippen molar-refractivity contribution >= 4 is 15.9 Å². The van der Waals surface area contributed by atoms with Crippen molar-refractivity contribution in [3.63, 3.8) is 0 Å². The minimum absolute atomic E-state index is 0.0193. The summed E-state index contributed by atoms with van der Waals surface area (Å²) in [6.45, 7) is 1.54. The van der Waals surface area contributed by atoms with Gasteiger partial charge in [-0.15, -0.1) is 0 Å². The number of carbonyl (C=O) groups excluding carboxylic acids is 1. The number of hydrogen-bond acceptors (Lipinski definition) is 4. The summed E-state index contributed by atoms with van der Waals surface area (Å²) < 4.78 is 25.9. The average molecular weight is 258 g/mol. The Morgan fingerprint density at radius 2 is 1.94 bits per heavy atom. The molecule has 17 heavy (non-hydrogen) atoms. The van der Waals surface area contributed by atoms with E-state index in [1.54, 1.807) is 6.92 Å². The van der Waals surface area contributed by atoms with Gasteiger partial charge in [-0.3, -0.25) is 4.79 Å². The van der Waals surface area contributed by atoms with Crippen LogP contribution in [0, 0.1) is 0 Å². The third-order valence-corrected chi connectivity index (χ3v) is 3.62. The monoisotopic (exact) mass is 258 g/mol. The molecule has 0 aliphatic rings.